The summed E-state index contributed by atoms with van der Waals surface area (Å²) in [5, 5.41) is 5.18. The Morgan fingerprint density at radius 3 is 2.17 bits per heavy atom. The quantitative estimate of drug-likeness (QED) is 0.804. The number of piperazine rings is 1. The third kappa shape index (κ3) is 4.39. The summed E-state index contributed by atoms with van der Waals surface area (Å²) in [6.07, 6.45) is 0. The number of thiophene rings is 1. The van der Waals surface area contributed by atoms with Crippen LogP contribution in [0.25, 0.3) is 0 Å². The summed E-state index contributed by atoms with van der Waals surface area (Å²) in [7, 11) is 0. The van der Waals surface area contributed by atoms with Gasteiger partial charge in [-0.15, -0.1) is 36.2 Å². The lowest BCUT2D eigenvalue weighted by Crippen LogP contribution is -2.45. The third-order valence-corrected chi connectivity index (χ3v) is 4.58. The molecule has 3 rings (SSSR count). The molecule has 1 fully saturated rings. The van der Waals surface area contributed by atoms with Crippen LogP contribution >= 0.6 is 36.2 Å². The van der Waals surface area contributed by atoms with Crippen molar-refractivity contribution in [1.29, 1.82) is 0 Å². The van der Waals surface area contributed by atoms with Gasteiger partial charge in [-0.25, -0.2) is 13.2 Å². The molecule has 1 N–H and O–H groups in total. The molecule has 0 amide bonds. The summed E-state index contributed by atoms with van der Waals surface area (Å²) >= 11 is 1.53. The molecule has 8 heteroatoms. The SMILES string of the molecule is Cl.Cl.Fc1cc([C@H](c2cccs2)N2CCNCC2)cc(F)c1F. The fourth-order valence-corrected chi connectivity index (χ4v) is 3.56. The van der Waals surface area contributed by atoms with E-state index >= 15 is 0 Å². The Hall–Kier alpha value is -0.790. The van der Waals surface area contributed by atoms with Gasteiger partial charge in [0.15, 0.2) is 17.5 Å². The first-order valence-corrected chi connectivity index (χ1v) is 7.67. The molecule has 1 aromatic heterocycles. The largest absolute Gasteiger partial charge is 0.314 e. The van der Waals surface area contributed by atoms with Crippen LogP contribution < -0.4 is 5.32 Å². The van der Waals surface area contributed by atoms with Crippen molar-refractivity contribution in [1.82, 2.24) is 10.2 Å². The van der Waals surface area contributed by atoms with Crippen molar-refractivity contribution in [2.45, 2.75) is 6.04 Å². The van der Waals surface area contributed by atoms with Gasteiger partial charge in [-0.2, -0.15) is 0 Å². The number of rotatable bonds is 3. The first-order chi connectivity index (χ1) is 10.2. The maximum atomic E-state index is 13.6. The van der Waals surface area contributed by atoms with Crippen LogP contribution in [0.1, 0.15) is 16.5 Å². The van der Waals surface area contributed by atoms with Gasteiger partial charge in [0.1, 0.15) is 0 Å². The Morgan fingerprint density at radius 1 is 1.04 bits per heavy atom. The fourth-order valence-electron chi connectivity index (χ4n) is 2.68. The number of hydrogen-bond acceptors (Lipinski definition) is 3. The van der Waals surface area contributed by atoms with Crippen LogP contribution in [0, 0.1) is 17.5 Å². The Labute approximate surface area is 149 Å². The van der Waals surface area contributed by atoms with E-state index in [1.807, 2.05) is 17.5 Å². The predicted molar refractivity (Wildman–Crippen MR) is 91.4 cm³/mol. The van der Waals surface area contributed by atoms with Crippen molar-refractivity contribution < 1.29 is 13.2 Å². The van der Waals surface area contributed by atoms with Gasteiger partial charge in [-0.05, 0) is 29.1 Å². The number of halogens is 5. The molecule has 2 aromatic rings. The first kappa shape index (κ1) is 20.3. The average Bonchev–Trinajstić information content (AvgIpc) is 3.00. The Kier molecular flexibility index (Phi) is 7.83. The monoisotopic (exact) mass is 384 g/mol. The molecule has 0 unspecified atom stereocenters. The number of nitrogens with zero attached hydrogens (tertiary/aromatic N) is 1. The maximum absolute atomic E-state index is 13.6. The normalized spacial score (nSPS) is 16.3. The molecular formula is C15H17Cl2F3N2S. The Balaban J connectivity index is 0.00000132. The van der Waals surface area contributed by atoms with Crippen LogP contribution in [0.15, 0.2) is 29.6 Å². The summed E-state index contributed by atoms with van der Waals surface area (Å²) < 4.78 is 40.3. The van der Waals surface area contributed by atoms with Crippen LogP contribution in [-0.4, -0.2) is 31.1 Å². The summed E-state index contributed by atoms with van der Waals surface area (Å²) in [4.78, 5) is 3.16. The van der Waals surface area contributed by atoms with Crippen LogP contribution in [0.5, 0.6) is 0 Å². The van der Waals surface area contributed by atoms with Gasteiger partial charge in [-0.3, -0.25) is 4.90 Å². The van der Waals surface area contributed by atoms with E-state index < -0.39 is 17.5 Å². The molecule has 0 saturated carbocycles. The highest BCUT2D eigenvalue weighted by atomic mass is 35.5. The van der Waals surface area contributed by atoms with Crippen molar-refractivity contribution in [2.24, 2.45) is 0 Å². The zero-order chi connectivity index (χ0) is 14.8. The van der Waals surface area contributed by atoms with E-state index in [9.17, 15) is 13.2 Å². The van der Waals surface area contributed by atoms with Crippen LogP contribution in [0.2, 0.25) is 0 Å². The van der Waals surface area contributed by atoms with Crippen molar-refractivity contribution in [3.05, 3.63) is 57.5 Å². The molecule has 0 aliphatic carbocycles. The lowest BCUT2D eigenvalue weighted by Gasteiger charge is -2.34. The lowest BCUT2D eigenvalue weighted by atomic mass is 10.0. The lowest BCUT2D eigenvalue weighted by molar-refractivity contribution is 0.200. The van der Waals surface area contributed by atoms with Crippen molar-refractivity contribution >= 4 is 36.2 Å². The summed E-state index contributed by atoms with van der Waals surface area (Å²) in [5.41, 5.74) is 0.454. The standard InChI is InChI=1S/C15H15F3N2S.2ClH/c16-11-8-10(9-12(17)14(11)18)15(13-2-1-7-21-13)20-5-3-19-4-6-20;;/h1-2,7-9,15,19H,3-6H2;2*1H/t15-;;/m1../s1. The first-order valence-electron chi connectivity index (χ1n) is 6.79. The fraction of sp³-hybridized carbons (Fsp3) is 0.333. The average molecular weight is 385 g/mol. The number of benzene rings is 1. The molecule has 1 aliphatic rings. The van der Waals surface area contributed by atoms with E-state index in [0.717, 1.165) is 43.2 Å². The molecule has 0 radical (unpaired) electrons. The molecule has 0 bridgehead atoms. The van der Waals surface area contributed by atoms with E-state index in [1.165, 1.54) is 11.3 Å². The second-order valence-corrected chi connectivity index (χ2v) is 5.98. The van der Waals surface area contributed by atoms with Crippen molar-refractivity contribution in [3.8, 4) is 0 Å². The smallest absolute Gasteiger partial charge is 0.194 e. The van der Waals surface area contributed by atoms with Gasteiger partial charge < -0.3 is 5.32 Å². The molecule has 128 valence electrons. The zero-order valence-electron chi connectivity index (χ0n) is 12.1. The van der Waals surface area contributed by atoms with Crippen LogP contribution in [0.3, 0.4) is 0 Å². The molecule has 1 atom stereocenters. The van der Waals surface area contributed by atoms with Gasteiger partial charge >= 0.3 is 0 Å². The van der Waals surface area contributed by atoms with E-state index in [1.54, 1.807) is 0 Å². The highest BCUT2D eigenvalue weighted by molar-refractivity contribution is 7.10. The van der Waals surface area contributed by atoms with E-state index in [0.29, 0.717) is 5.56 Å². The topological polar surface area (TPSA) is 15.3 Å². The van der Waals surface area contributed by atoms with Crippen LogP contribution in [0.4, 0.5) is 13.2 Å². The molecule has 0 spiro atoms. The van der Waals surface area contributed by atoms with Gasteiger partial charge in [0.2, 0.25) is 0 Å². The molecule has 2 heterocycles. The molecule has 1 aromatic carbocycles. The van der Waals surface area contributed by atoms with E-state index in [2.05, 4.69) is 10.2 Å². The Morgan fingerprint density at radius 2 is 1.65 bits per heavy atom. The minimum atomic E-state index is -1.41. The number of nitrogens with one attached hydrogen (secondary N) is 1. The summed E-state index contributed by atoms with van der Waals surface area (Å²) in [6.45, 7) is 3.22. The second kappa shape index (κ2) is 8.89. The predicted octanol–water partition coefficient (Wildman–Crippen LogP) is 4.00. The van der Waals surface area contributed by atoms with Gasteiger partial charge in [0, 0.05) is 31.1 Å². The third-order valence-electron chi connectivity index (χ3n) is 3.65. The van der Waals surface area contributed by atoms with E-state index in [4.69, 9.17) is 0 Å². The summed E-state index contributed by atoms with van der Waals surface area (Å²) in [5.74, 6) is -3.69. The van der Waals surface area contributed by atoms with Crippen LogP contribution in [-0.2, 0) is 0 Å². The highest BCUT2D eigenvalue weighted by Gasteiger charge is 2.26. The second-order valence-electron chi connectivity index (χ2n) is 5.00. The molecule has 1 saturated heterocycles. The maximum Gasteiger partial charge on any atom is 0.194 e. The molecule has 1 aliphatic heterocycles. The molecule has 2 nitrogen and oxygen atoms in total. The Bertz CT molecular complexity index is 596. The minimum absolute atomic E-state index is 0. The zero-order valence-corrected chi connectivity index (χ0v) is 14.5. The highest BCUT2D eigenvalue weighted by Crippen LogP contribution is 2.33. The number of hydrogen-bond donors (Lipinski definition) is 1. The van der Waals surface area contributed by atoms with Gasteiger partial charge in [-0.1, -0.05) is 6.07 Å². The molecule has 23 heavy (non-hydrogen) atoms. The minimum Gasteiger partial charge on any atom is -0.314 e. The summed E-state index contributed by atoms with van der Waals surface area (Å²) in [6, 6.07) is 5.81. The van der Waals surface area contributed by atoms with E-state index in [-0.39, 0.29) is 30.9 Å². The molecular weight excluding hydrogens is 368 g/mol. The van der Waals surface area contributed by atoms with Crippen molar-refractivity contribution in [2.75, 3.05) is 26.2 Å². The van der Waals surface area contributed by atoms with Gasteiger partial charge in [0.05, 0.1) is 6.04 Å². The van der Waals surface area contributed by atoms with Gasteiger partial charge in [0.25, 0.3) is 0 Å². The van der Waals surface area contributed by atoms with Crippen molar-refractivity contribution in [3.63, 3.8) is 0 Å².